The highest BCUT2D eigenvalue weighted by Gasteiger charge is 2.32. The lowest BCUT2D eigenvalue weighted by Crippen LogP contribution is -2.39. The van der Waals surface area contributed by atoms with E-state index in [1.807, 2.05) is 11.4 Å². The summed E-state index contributed by atoms with van der Waals surface area (Å²) in [5.41, 5.74) is 0.136. The van der Waals surface area contributed by atoms with E-state index in [1.54, 1.807) is 37.4 Å². The van der Waals surface area contributed by atoms with Crippen LogP contribution in [0.5, 0.6) is 5.75 Å². The quantitative estimate of drug-likeness (QED) is 0.540. The second kappa shape index (κ2) is 9.49. The number of hydrogen-bond acceptors (Lipinski definition) is 7. The Labute approximate surface area is 195 Å². The number of sulfonamides is 1. The van der Waals surface area contributed by atoms with Gasteiger partial charge in [-0.1, -0.05) is 0 Å². The summed E-state index contributed by atoms with van der Waals surface area (Å²) in [4.78, 5) is 25.8. The van der Waals surface area contributed by atoms with E-state index in [4.69, 9.17) is 4.74 Å². The van der Waals surface area contributed by atoms with Gasteiger partial charge in [-0.05, 0) is 54.6 Å². The molecule has 1 aliphatic heterocycles. The van der Waals surface area contributed by atoms with Crippen LogP contribution in [-0.2, 0) is 21.4 Å². The van der Waals surface area contributed by atoms with Gasteiger partial charge in [0.15, 0.2) is 0 Å². The molecular weight excluding hydrogens is 466 g/mol. The highest BCUT2D eigenvalue weighted by Crippen LogP contribution is 2.28. The zero-order valence-electron chi connectivity index (χ0n) is 18.3. The molecule has 1 aromatic carbocycles. The molecule has 0 bridgehead atoms. The maximum Gasteiger partial charge on any atom is 0.351 e. The van der Waals surface area contributed by atoms with E-state index < -0.39 is 21.6 Å². The fourth-order valence-electron chi connectivity index (χ4n) is 3.86. The summed E-state index contributed by atoms with van der Waals surface area (Å²) in [7, 11) is -1.80. The highest BCUT2D eigenvalue weighted by atomic mass is 32.2. The number of nitrogens with zero attached hydrogens (tertiary/aromatic N) is 4. The molecule has 12 heteroatoms. The summed E-state index contributed by atoms with van der Waals surface area (Å²) in [5.74, 6) is 0.479. The highest BCUT2D eigenvalue weighted by molar-refractivity contribution is 7.88. The Bertz CT molecular complexity index is 1280. The molecule has 0 spiro atoms. The van der Waals surface area contributed by atoms with Crippen molar-refractivity contribution < 1.29 is 17.9 Å². The van der Waals surface area contributed by atoms with Crippen LogP contribution in [0, 0.1) is 0 Å². The normalized spacial score (nSPS) is 17.1. The van der Waals surface area contributed by atoms with Crippen LogP contribution in [0.4, 0.5) is 5.69 Å². The third kappa shape index (κ3) is 5.18. The van der Waals surface area contributed by atoms with Crippen molar-refractivity contribution >= 4 is 33.0 Å². The van der Waals surface area contributed by atoms with E-state index in [1.165, 1.54) is 26.5 Å². The van der Waals surface area contributed by atoms with Gasteiger partial charge in [0.05, 0.1) is 13.4 Å². The molecule has 3 aromatic rings. The molecule has 1 aliphatic rings. The van der Waals surface area contributed by atoms with Crippen LogP contribution in [0.3, 0.4) is 0 Å². The lowest BCUT2D eigenvalue weighted by Gasteiger charge is -2.30. The first-order valence-corrected chi connectivity index (χ1v) is 13.1. The summed E-state index contributed by atoms with van der Waals surface area (Å²) in [6.07, 6.45) is 2.55. The van der Waals surface area contributed by atoms with E-state index in [0.717, 1.165) is 4.68 Å². The minimum absolute atomic E-state index is 0.249. The van der Waals surface area contributed by atoms with E-state index in [9.17, 15) is 18.0 Å². The summed E-state index contributed by atoms with van der Waals surface area (Å²) < 4.78 is 33.3. The van der Waals surface area contributed by atoms with Crippen molar-refractivity contribution in [3.63, 3.8) is 0 Å². The zero-order valence-corrected chi connectivity index (χ0v) is 19.9. The summed E-state index contributed by atoms with van der Waals surface area (Å²) in [5, 5.41) is 9.76. The average molecular weight is 492 g/mol. The summed E-state index contributed by atoms with van der Waals surface area (Å²) in [6.45, 7) is 0.432. The number of hydrogen-bond donors (Lipinski definition) is 1. The topological polar surface area (TPSA) is 116 Å². The van der Waals surface area contributed by atoms with E-state index in [2.05, 4.69) is 10.4 Å². The van der Waals surface area contributed by atoms with Gasteiger partial charge < -0.3 is 10.1 Å². The Morgan fingerprint density at radius 3 is 2.67 bits per heavy atom. The number of nitrogens with one attached hydrogen (secondary N) is 1. The Morgan fingerprint density at radius 1 is 1.27 bits per heavy atom. The molecule has 0 radical (unpaired) electrons. The SMILES string of the molecule is COc1ccc(NC(=O)Cn2nc(C3CCCN(S(C)(=O)=O)C3)n(-c3cccs3)c2=O)cc1. The molecule has 10 nitrogen and oxygen atoms in total. The van der Waals surface area contributed by atoms with Crippen molar-refractivity contribution in [3.8, 4) is 10.8 Å². The first-order valence-electron chi connectivity index (χ1n) is 10.4. The molecule has 1 saturated heterocycles. The van der Waals surface area contributed by atoms with Crippen LogP contribution >= 0.6 is 11.3 Å². The van der Waals surface area contributed by atoms with Crippen molar-refractivity contribution in [1.82, 2.24) is 18.7 Å². The average Bonchev–Trinajstić information content (AvgIpc) is 3.42. The lowest BCUT2D eigenvalue weighted by atomic mass is 9.99. The number of carbonyl (C=O) groups excluding carboxylic acids is 1. The lowest BCUT2D eigenvalue weighted by molar-refractivity contribution is -0.117. The number of aromatic nitrogens is 3. The third-order valence-corrected chi connectivity index (χ3v) is 7.60. The number of piperidine rings is 1. The van der Waals surface area contributed by atoms with Gasteiger partial charge in [0.25, 0.3) is 0 Å². The predicted molar refractivity (Wildman–Crippen MR) is 126 cm³/mol. The summed E-state index contributed by atoms with van der Waals surface area (Å²) >= 11 is 1.38. The Balaban J connectivity index is 1.61. The molecule has 1 amide bonds. The van der Waals surface area contributed by atoms with Crippen molar-refractivity contribution in [2.75, 3.05) is 31.8 Å². The number of ether oxygens (including phenoxy) is 1. The minimum Gasteiger partial charge on any atom is -0.497 e. The number of thiophene rings is 1. The zero-order chi connectivity index (χ0) is 23.6. The van der Waals surface area contributed by atoms with E-state index in [0.29, 0.717) is 41.6 Å². The monoisotopic (exact) mass is 491 g/mol. The largest absolute Gasteiger partial charge is 0.497 e. The third-order valence-electron chi connectivity index (χ3n) is 5.48. The van der Waals surface area contributed by atoms with Crippen LogP contribution in [0.25, 0.3) is 5.00 Å². The number of benzene rings is 1. The molecule has 1 fully saturated rings. The second-order valence-corrected chi connectivity index (χ2v) is 10.7. The fourth-order valence-corrected chi connectivity index (χ4v) is 5.50. The first kappa shape index (κ1) is 23.2. The Hall–Kier alpha value is -2.96. The van der Waals surface area contributed by atoms with Gasteiger partial charge in [0.1, 0.15) is 23.1 Å². The Morgan fingerprint density at radius 2 is 2.03 bits per heavy atom. The van der Waals surface area contributed by atoms with E-state index >= 15 is 0 Å². The molecule has 1 unspecified atom stereocenters. The van der Waals surface area contributed by atoms with Crippen LogP contribution in [0.1, 0.15) is 24.6 Å². The number of rotatable bonds is 7. The maximum absolute atomic E-state index is 13.2. The molecule has 1 N–H and O–H groups in total. The van der Waals surface area contributed by atoms with Crippen LogP contribution in [0.2, 0.25) is 0 Å². The Kier molecular flexibility index (Phi) is 6.68. The van der Waals surface area contributed by atoms with Gasteiger partial charge >= 0.3 is 5.69 Å². The fraction of sp³-hybridized carbons (Fsp3) is 0.381. The first-order chi connectivity index (χ1) is 15.8. The molecule has 2 aromatic heterocycles. The van der Waals surface area contributed by atoms with Gasteiger partial charge in [-0.3, -0.25) is 4.79 Å². The number of methoxy groups -OCH3 is 1. The van der Waals surface area contributed by atoms with Gasteiger partial charge in [-0.15, -0.1) is 11.3 Å². The van der Waals surface area contributed by atoms with Gasteiger partial charge in [0, 0.05) is 24.7 Å². The molecule has 3 heterocycles. The van der Waals surface area contributed by atoms with E-state index in [-0.39, 0.29) is 19.0 Å². The molecular formula is C21H25N5O5S2. The van der Waals surface area contributed by atoms with Crippen LogP contribution < -0.4 is 15.7 Å². The molecule has 176 valence electrons. The molecule has 4 rings (SSSR count). The molecule has 33 heavy (non-hydrogen) atoms. The van der Waals surface area contributed by atoms with Crippen molar-refractivity contribution in [2.45, 2.75) is 25.3 Å². The van der Waals surface area contributed by atoms with Crippen molar-refractivity contribution in [3.05, 3.63) is 58.1 Å². The number of amides is 1. The van der Waals surface area contributed by atoms with Crippen molar-refractivity contribution in [2.24, 2.45) is 0 Å². The second-order valence-electron chi connectivity index (χ2n) is 7.82. The van der Waals surface area contributed by atoms with Crippen LogP contribution in [-0.4, -0.2) is 59.4 Å². The van der Waals surface area contributed by atoms with Gasteiger partial charge in [-0.25, -0.2) is 26.8 Å². The minimum atomic E-state index is -3.35. The van der Waals surface area contributed by atoms with Gasteiger partial charge in [-0.2, -0.15) is 5.10 Å². The smallest absolute Gasteiger partial charge is 0.351 e. The predicted octanol–water partition coefficient (Wildman–Crippen LogP) is 1.88. The molecule has 0 saturated carbocycles. The van der Waals surface area contributed by atoms with Gasteiger partial charge in [0.2, 0.25) is 15.9 Å². The maximum atomic E-state index is 13.2. The number of anilines is 1. The summed E-state index contributed by atoms with van der Waals surface area (Å²) in [6, 6.07) is 10.5. The van der Waals surface area contributed by atoms with Crippen LogP contribution in [0.15, 0.2) is 46.6 Å². The molecule has 0 aliphatic carbocycles. The standard InChI is InChI=1S/C21H25N5O5S2/c1-31-17-9-7-16(8-10-17)22-18(27)14-25-21(28)26(19-6-4-12-32-19)20(23-25)15-5-3-11-24(13-15)33(2,29)30/h4,6-10,12,15H,3,5,11,13-14H2,1-2H3,(H,22,27). The number of carbonyl (C=O) groups is 1. The van der Waals surface area contributed by atoms with Crippen molar-refractivity contribution in [1.29, 1.82) is 0 Å². The molecule has 1 atom stereocenters.